The summed E-state index contributed by atoms with van der Waals surface area (Å²) in [5.41, 5.74) is -5.60. The van der Waals surface area contributed by atoms with Gasteiger partial charge in [-0.1, -0.05) is 11.8 Å². The Morgan fingerprint density at radius 3 is 1.33 bits per heavy atom. The van der Waals surface area contributed by atoms with Gasteiger partial charge in [-0.05, 0) is 48.5 Å². The smallest absolute Gasteiger partial charge is 0.422 e. The summed E-state index contributed by atoms with van der Waals surface area (Å²) in [6.07, 6.45) is -23.2. The number of hydrogen-bond donors (Lipinski definition) is 6. The maximum atomic E-state index is 12.7. The van der Waals surface area contributed by atoms with E-state index in [0.29, 0.717) is 11.8 Å². The van der Waals surface area contributed by atoms with Crippen LogP contribution in [0.3, 0.4) is 0 Å². The molecular formula is C34H32F6O16S. The van der Waals surface area contributed by atoms with E-state index in [4.69, 9.17) is 27.8 Å². The lowest BCUT2D eigenvalue weighted by Gasteiger charge is -2.46. The van der Waals surface area contributed by atoms with Gasteiger partial charge in [-0.15, -0.1) is 26.3 Å². The zero-order valence-corrected chi connectivity index (χ0v) is 29.5. The summed E-state index contributed by atoms with van der Waals surface area (Å²) >= 11 is 0.552. The van der Waals surface area contributed by atoms with Crippen LogP contribution in [0.25, 0.3) is 21.9 Å². The highest BCUT2D eigenvalue weighted by Gasteiger charge is 2.51. The summed E-state index contributed by atoms with van der Waals surface area (Å²) in [4.78, 5) is 25.3. The number of benzene rings is 2. The summed E-state index contributed by atoms with van der Waals surface area (Å²) in [5.74, 6) is -1.22. The van der Waals surface area contributed by atoms with E-state index in [2.05, 4.69) is 9.47 Å². The first kappa shape index (κ1) is 42.6. The van der Waals surface area contributed by atoms with Crippen LogP contribution in [0.1, 0.15) is 11.1 Å². The molecule has 6 N–H and O–H groups in total. The fraction of sp³-hybridized carbons (Fsp3) is 0.471. The fourth-order valence-corrected chi connectivity index (χ4v) is 7.42. The minimum absolute atomic E-state index is 0.0108. The molecule has 2 aliphatic heterocycles. The molecule has 6 rings (SSSR count). The van der Waals surface area contributed by atoms with Crippen LogP contribution < -0.4 is 20.7 Å². The van der Waals surface area contributed by atoms with Gasteiger partial charge in [0.15, 0.2) is 0 Å². The summed E-state index contributed by atoms with van der Waals surface area (Å²) in [5, 5.41) is 64.2. The number of rotatable bonds is 12. The van der Waals surface area contributed by atoms with Crippen molar-refractivity contribution < 1.29 is 94.2 Å². The first-order valence-electron chi connectivity index (χ1n) is 16.6. The minimum atomic E-state index is -5.00. The molecule has 0 saturated carbocycles. The summed E-state index contributed by atoms with van der Waals surface area (Å²) < 4.78 is 117. The SMILES string of the molecule is O=c1oc2ccc(OC(F)(F)F)cc2cc1COC1[C@@H](O)C(CO)O[C@@H](S[C@@H]2OC(CO)[C@H](O)C(OCc3cc4cc(OC(F)(F)F)ccc4oc3=O)[C@@H]2O)[C@@H]1O. The van der Waals surface area contributed by atoms with E-state index >= 15 is 0 Å². The molecule has 4 aromatic rings. The van der Waals surface area contributed by atoms with Crippen LogP contribution in [0.2, 0.25) is 0 Å². The third kappa shape index (κ3) is 10.00. The van der Waals surface area contributed by atoms with Gasteiger partial charge in [0.05, 0.1) is 37.6 Å². The number of alkyl halides is 6. The van der Waals surface area contributed by atoms with Crippen molar-refractivity contribution >= 4 is 33.7 Å². The Kier molecular flexibility index (Phi) is 12.8. The molecule has 2 fully saturated rings. The summed E-state index contributed by atoms with van der Waals surface area (Å²) in [6.45, 7) is -3.01. The number of hydrogen-bond acceptors (Lipinski definition) is 17. The molecule has 4 unspecified atom stereocenters. The second-order valence-corrected chi connectivity index (χ2v) is 13.9. The van der Waals surface area contributed by atoms with Gasteiger partial charge < -0.3 is 67.9 Å². The third-order valence-electron chi connectivity index (χ3n) is 8.79. The quantitative estimate of drug-likeness (QED) is 0.0881. The van der Waals surface area contributed by atoms with E-state index in [1.807, 2.05) is 0 Å². The zero-order valence-electron chi connectivity index (χ0n) is 28.7. The average molecular weight is 843 g/mol. The number of thioether (sulfide) groups is 1. The van der Waals surface area contributed by atoms with Crippen molar-refractivity contribution in [3.8, 4) is 11.5 Å². The number of aliphatic hydroxyl groups excluding tert-OH is 6. The predicted molar refractivity (Wildman–Crippen MR) is 179 cm³/mol. The van der Waals surface area contributed by atoms with Crippen LogP contribution in [0.5, 0.6) is 11.5 Å². The van der Waals surface area contributed by atoms with Gasteiger partial charge in [0.2, 0.25) is 0 Å². The van der Waals surface area contributed by atoms with E-state index in [-0.39, 0.29) is 33.1 Å². The van der Waals surface area contributed by atoms with E-state index in [0.717, 1.165) is 48.5 Å². The maximum absolute atomic E-state index is 12.7. The minimum Gasteiger partial charge on any atom is -0.422 e. The predicted octanol–water partition coefficient (Wildman–Crippen LogP) is 1.78. The van der Waals surface area contributed by atoms with Crippen LogP contribution in [0.4, 0.5) is 26.3 Å². The third-order valence-corrected chi connectivity index (χ3v) is 10.1. The number of halogens is 6. The molecule has 23 heteroatoms. The Hall–Kier alpha value is -4.01. The highest BCUT2D eigenvalue weighted by molar-refractivity contribution is 8.00. The van der Waals surface area contributed by atoms with Crippen LogP contribution >= 0.6 is 11.8 Å². The monoisotopic (exact) mass is 842 g/mol. The van der Waals surface area contributed by atoms with E-state index in [9.17, 15) is 66.6 Å². The van der Waals surface area contributed by atoms with Gasteiger partial charge in [-0.2, -0.15) is 0 Å². The maximum Gasteiger partial charge on any atom is 0.573 e. The molecule has 16 nitrogen and oxygen atoms in total. The molecular weight excluding hydrogens is 810 g/mol. The van der Waals surface area contributed by atoms with Crippen molar-refractivity contribution in [3.05, 3.63) is 80.5 Å². The van der Waals surface area contributed by atoms with E-state index in [1.165, 1.54) is 0 Å². The Balaban J connectivity index is 1.16. The molecule has 2 aromatic heterocycles. The van der Waals surface area contributed by atoms with Crippen LogP contribution in [-0.2, 0) is 32.2 Å². The van der Waals surface area contributed by atoms with Crippen LogP contribution in [-0.4, -0.2) is 116 Å². The second-order valence-electron chi connectivity index (χ2n) is 12.7. The van der Waals surface area contributed by atoms with Crippen molar-refractivity contribution in [1.29, 1.82) is 0 Å². The van der Waals surface area contributed by atoms with Gasteiger partial charge in [0, 0.05) is 10.8 Å². The standard InChI is InChI=1S/C34H32F6O16S/c35-33(36,37)55-17-1-3-19-13(7-17)5-15(29(47)51-19)11-49-27-23(43)21(9-41)53-31(25(27)45)57-32-26(46)28(24(44)22(10-42)54-32)50-12-16-6-14-8-18(56-34(38,39)40)2-4-20(14)52-30(16)48/h1-8,21-28,31-32,41-46H,9-12H2/t21?,22?,23-,24-,25-,26+,27?,28?,31-,32-/m0/s1. The highest BCUT2D eigenvalue weighted by atomic mass is 32.2. The number of aliphatic hydroxyl groups is 6. The lowest BCUT2D eigenvalue weighted by atomic mass is 9.99. The van der Waals surface area contributed by atoms with Crippen molar-refractivity contribution in [2.45, 2.75) is 85.6 Å². The van der Waals surface area contributed by atoms with Crippen molar-refractivity contribution in [2.75, 3.05) is 13.2 Å². The van der Waals surface area contributed by atoms with Gasteiger partial charge in [0.25, 0.3) is 0 Å². The van der Waals surface area contributed by atoms with Crippen LogP contribution in [0.15, 0.2) is 67.0 Å². The first-order chi connectivity index (χ1) is 26.8. The van der Waals surface area contributed by atoms with Crippen molar-refractivity contribution in [2.24, 2.45) is 0 Å². The molecule has 2 saturated heterocycles. The molecule has 10 atom stereocenters. The molecule has 57 heavy (non-hydrogen) atoms. The molecule has 2 aromatic carbocycles. The topological polar surface area (TPSA) is 237 Å². The largest absolute Gasteiger partial charge is 0.573 e. The van der Waals surface area contributed by atoms with Gasteiger partial charge >= 0.3 is 24.0 Å². The molecule has 0 aliphatic carbocycles. The molecule has 0 bridgehead atoms. The normalized spacial score (nSPS) is 28.5. The van der Waals surface area contributed by atoms with Crippen LogP contribution in [0, 0.1) is 0 Å². The molecule has 2 aliphatic rings. The number of ether oxygens (including phenoxy) is 6. The zero-order chi connectivity index (χ0) is 41.4. The second kappa shape index (κ2) is 17.1. The van der Waals surface area contributed by atoms with Gasteiger partial charge in [0.1, 0.15) is 82.4 Å². The van der Waals surface area contributed by atoms with E-state index in [1.54, 1.807) is 0 Å². The fourth-order valence-electron chi connectivity index (χ4n) is 6.11. The molecule has 312 valence electrons. The summed E-state index contributed by atoms with van der Waals surface area (Å²) in [7, 11) is 0. The van der Waals surface area contributed by atoms with E-state index < -0.39 is 122 Å². The van der Waals surface area contributed by atoms with Gasteiger partial charge in [-0.3, -0.25) is 0 Å². The Morgan fingerprint density at radius 1 is 0.596 bits per heavy atom. The Morgan fingerprint density at radius 2 is 0.982 bits per heavy atom. The first-order valence-corrected chi connectivity index (χ1v) is 17.6. The molecule has 0 amide bonds. The van der Waals surface area contributed by atoms with Gasteiger partial charge in [-0.25, -0.2) is 9.59 Å². The Bertz CT molecular complexity index is 2000. The van der Waals surface area contributed by atoms with Crippen molar-refractivity contribution in [3.63, 3.8) is 0 Å². The highest BCUT2D eigenvalue weighted by Crippen LogP contribution is 2.38. The summed E-state index contributed by atoms with van der Waals surface area (Å²) in [6, 6.07) is 8.22. The Labute approximate surface area is 318 Å². The molecule has 0 spiro atoms. The average Bonchev–Trinajstić information content (AvgIpc) is 3.12. The molecule has 0 radical (unpaired) electrons. The van der Waals surface area contributed by atoms with Crippen molar-refractivity contribution in [1.82, 2.24) is 0 Å². The molecule has 4 heterocycles. The lowest BCUT2D eigenvalue weighted by molar-refractivity contribution is -0.275. The number of fused-ring (bicyclic) bond motifs is 2. The lowest BCUT2D eigenvalue weighted by Crippen LogP contribution is -2.61.